The molecule has 2 heteroatoms. The van der Waals surface area contributed by atoms with Gasteiger partial charge in [-0.2, -0.15) is 0 Å². The summed E-state index contributed by atoms with van der Waals surface area (Å²) in [6.07, 6.45) is 4.21. The number of aromatic amines is 1. The van der Waals surface area contributed by atoms with Crippen molar-refractivity contribution in [2.45, 2.75) is 18.9 Å². The van der Waals surface area contributed by atoms with Gasteiger partial charge < -0.3 is 10.7 Å². The van der Waals surface area contributed by atoms with E-state index in [1.54, 1.807) is 0 Å². The van der Waals surface area contributed by atoms with E-state index in [2.05, 4.69) is 23.2 Å². The highest BCUT2D eigenvalue weighted by Gasteiger charge is 2.19. The van der Waals surface area contributed by atoms with Gasteiger partial charge in [0.25, 0.3) is 0 Å². The highest BCUT2D eigenvalue weighted by atomic mass is 14.7. The summed E-state index contributed by atoms with van der Waals surface area (Å²) in [5.74, 6) is 0. The first-order chi connectivity index (χ1) is 6.34. The summed E-state index contributed by atoms with van der Waals surface area (Å²) < 4.78 is 0. The molecule has 0 radical (unpaired) electrons. The number of aryl methyl sites for hydroxylation is 1. The quantitative estimate of drug-likeness (QED) is 0.628. The molecule has 1 aromatic heterocycles. The molecule has 1 aliphatic carbocycles. The van der Waals surface area contributed by atoms with E-state index in [4.69, 9.17) is 5.73 Å². The van der Waals surface area contributed by atoms with Gasteiger partial charge in [0, 0.05) is 17.8 Å². The van der Waals surface area contributed by atoms with Gasteiger partial charge in [-0.3, -0.25) is 0 Å². The van der Waals surface area contributed by atoms with Crippen LogP contribution < -0.4 is 5.73 Å². The van der Waals surface area contributed by atoms with Gasteiger partial charge in [-0.05, 0) is 47.6 Å². The largest absolute Gasteiger partial charge is 0.361 e. The molecule has 1 aromatic carbocycles. The van der Waals surface area contributed by atoms with E-state index in [-0.39, 0.29) is 6.04 Å². The van der Waals surface area contributed by atoms with Crippen LogP contribution in [-0.4, -0.2) is 4.98 Å². The first-order valence-corrected chi connectivity index (χ1v) is 4.70. The lowest BCUT2D eigenvalue weighted by atomic mass is 10.1. The van der Waals surface area contributed by atoms with Crippen molar-refractivity contribution in [1.82, 2.24) is 4.98 Å². The molecule has 1 heterocycles. The minimum Gasteiger partial charge on any atom is -0.361 e. The lowest BCUT2D eigenvalue weighted by molar-refractivity contribution is 0.713. The zero-order chi connectivity index (χ0) is 8.84. The fourth-order valence-electron chi connectivity index (χ4n) is 2.19. The van der Waals surface area contributed by atoms with Gasteiger partial charge in [-0.1, -0.05) is 0 Å². The van der Waals surface area contributed by atoms with E-state index in [9.17, 15) is 0 Å². The topological polar surface area (TPSA) is 41.8 Å². The molecule has 13 heavy (non-hydrogen) atoms. The highest BCUT2D eigenvalue weighted by Crippen LogP contribution is 2.32. The second-order valence-corrected chi connectivity index (χ2v) is 3.76. The number of hydrogen-bond donors (Lipinski definition) is 2. The van der Waals surface area contributed by atoms with Crippen molar-refractivity contribution in [1.29, 1.82) is 0 Å². The summed E-state index contributed by atoms with van der Waals surface area (Å²) in [6, 6.07) is 6.82. The van der Waals surface area contributed by atoms with Crippen molar-refractivity contribution >= 4 is 10.9 Å². The van der Waals surface area contributed by atoms with Crippen molar-refractivity contribution in [3.63, 3.8) is 0 Å². The summed E-state index contributed by atoms with van der Waals surface area (Å²) in [7, 11) is 0. The van der Waals surface area contributed by atoms with Gasteiger partial charge in [0.15, 0.2) is 0 Å². The monoisotopic (exact) mass is 172 g/mol. The third kappa shape index (κ3) is 0.923. The molecule has 0 bridgehead atoms. The third-order valence-corrected chi connectivity index (χ3v) is 2.94. The van der Waals surface area contributed by atoms with Crippen LogP contribution in [0.2, 0.25) is 0 Å². The number of benzene rings is 1. The molecule has 0 saturated carbocycles. The lowest BCUT2D eigenvalue weighted by Gasteiger charge is -2.04. The van der Waals surface area contributed by atoms with E-state index in [1.165, 1.54) is 22.0 Å². The van der Waals surface area contributed by atoms with Crippen molar-refractivity contribution in [2.75, 3.05) is 0 Å². The molecule has 0 spiro atoms. The molecule has 0 fully saturated rings. The van der Waals surface area contributed by atoms with Crippen LogP contribution >= 0.6 is 0 Å². The zero-order valence-electron chi connectivity index (χ0n) is 7.38. The Morgan fingerprint density at radius 1 is 1.38 bits per heavy atom. The summed E-state index contributed by atoms with van der Waals surface area (Å²) in [6.45, 7) is 0. The Balaban J connectivity index is 2.34. The second-order valence-electron chi connectivity index (χ2n) is 3.76. The van der Waals surface area contributed by atoms with Crippen LogP contribution in [-0.2, 0) is 6.42 Å². The average molecular weight is 172 g/mol. The fraction of sp³-hybridized carbons (Fsp3) is 0.273. The number of H-pyrrole nitrogens is 1. The van der Waals surface area contributed by atoms with Crippen molar-refractivity contribution < 1.29 is 0 Å². The van der Waals surface area contributed by atoms with E-state index >= 15 is 0 Å². The molecule has 0 aliphatic heterocycles. The van der Waals surface area contributed by atoms with Gasteiger partial charge in [0.2, 0.25) is 0 Å². The fourth-order valence-corrected chi connectivity index (χ4v) is 2.19. The Kier molecular flexibility index (Phi) is 1.30. The smallest absolute Gasteiger partial charge is 0.0457 e. The molecule has 0 unspecified atom stereocenters. The van der Waals surface area contributed by atoms with Crippen LogP contribution in [0, 0.1) is 0 Å². The number of nitrogens with two attached hydrogens (primary N) is 1. The summed E-state index contributed by atoms with van der Waals surface area (Å²) in [4.78, 5) is 3.21. The van der Waals surface area contributed by atoms with Gasteiger partial charge in [0.05, 0.1) is 0 Å². The maximum atomic E-state index is 5.99. The molecular formula is C11H12N2. The molecule has 3 N–H and O–H groups in total. The Hall–Kier alpha value is -1.28. The average Bonchev–Trinajstić information content (AvgIpc) is 2.70. The minimum atomic E-state index is 0.252. The van der Waals surface area contributed by atoms with E-state index < -0.39 is 0 Å². The molecule has 2 aromatic rings. The zero-order valence-corrected chi connectivity index (χ0v) is 7.38. The Labute approximate surface area is 76.8 Å². The number of aromatic nitrogens is 1. The van der Waals surface area contributed by atoms with E-state index in [0.717, 1.165) is 12.8 Å². The van der Waals surface area contributed by atoms with Crippen LogP contribution in [0.4, 0.5) is 0 Å². The molecule has 1 atom stereocenters. The molecule has 1 aliphatic rings. The van der Waals surface area contributed by atoms with Crippen molar-refractivity contribution in [3.05, 3.63) is 35.5 Å². The molecule has 0 amide bonds. The second kappa shape index (κ2) is 2.36. The Bertz CT molecular complexity index is 456. The van der Waals surface area contributed by atoms with E-state index in [1.807, 2.05) is 6.20 Å². The van der Waals surface area contributed by atoms with Crippen LogP contribution in [0.1, 0.15) is 23.6 Å². The molecule has 66 valence electrons. The standard InChI is InChI=1S/C11H12N2/c12-10-2-1-7-5-8-3-4-13-11(8)6-9(7)10/h3-6,10,13H,1-2,12H2/t10-/m0/s1. The molecular weight excluding hydrogens is 160 g/mol. The highest BCUT2D eigenvalue weighted by molar-refractivity contribution is 5.81. The number of hydrogen-bond acceptors (Lipinski definition) is 1. The predicted molar refractivity (Wildman–Crippen MR) is 53.5 cm³/mol. The van der Waals surface area contributed by atoms with Crippen LogP contribution in [0.15, 0.2) is 24.4 Å². The first kappa shape index (κ1) is 7.15. The maximum absolute atomic E-state index is 5.99. The third-order valence-electron chi connectivity index (χ3n) is 2.94. The van der Waals surface area contributed by atoms with Gasteiger partial charge in [-0.25, -0.2) is 0 Å². The minimum absolute atomic E-state index is 0.252. The van der Waals surface area contributed by atoms with Gasteiger partial charge >= 0.3 is 0 Å². The van der Waals surface area contributed by atoms with Gasteiger partial charge in [-0.15, -0.1) is 0 Å². The number of rotatable bonds is 0. The van der Waals surface area contributed by atoms with Crippen LogP contribution in [0.3, 0.4) is 0 Å². The summed E-state index contributed by atoms with van der Waals surface area (Å²) in [5.41, 5.74) is 9.96. The predicted octanol–water partition coefficient (Wildman–Crippen LogP) is 2.11. The maximum Gasteiger partial charge on any atom is 0.0457 e. The Morgan fingerprint density at radius 2 is 2.31 bits per heavy atom. The number of fused-ring (bicyclic) bond motifs is 2. The molecule has 3 rings (SSSR count). The van der Waals surface area contributed by atoms with Crippen LogP contribution in [0.5, 0.6) is 0 Å². The summed E-state index contributed by atoms with van der Waals surface area (Å²) >= 11 is 0. The van der Waals surface area contributed by atoms with E-state index in [0.29, 0.717) is 0 Å². The van der Waals surface area contributed by atoms with Crippen molar-refractivity contribution in [3.8, 4) is 0 Å². The molecule has 0 saturated heterocycles. The normalized spacial score (nSPS) is 20.8. The number of nitrogens with one attached hydrogen (secondary N) is 1. The van der Waals surface area contributed by atoms with Crippen molar-refractivity contribution in [2.24, 2.45) is 5.73 Å². The molecule has 2 nitrogen and oxygen atoms in total. The lowest BCUT2D eigenvalue weighted by Crippen LogP contribution is -2.04. The van der Waals surface area contributed by atoms with Crippen LogP contribution in [0.25, 0.3) is 10.9 Å². The van der Waals surface area contributed by atoms with Gasteiger partial charge in [0.1, 0.15) is 0 Å². The first-order valence-electron chi connectivity index (χ1n) is 4.70. The Morgan fingerprint density at radius 3 is 3.23 bits per heavy atom. The summed E-state index contributed by atoms with van der Waals surface area (Å²) in [5, 5.41) is 1.30. The SMILES string of the molecule is N[C@H]1CCc2cc3cc[nH]c3cc21.